The molecule has 0 fully saturated rings. The van der Waals surface area contributed by atoms with Crippen molar-refractivity contribution >= 4 is 34.5 Å². The van der Waals surface area contributed by atoms with E-state index in [1.807, 2.05) is 0 Å². The second-order valence-corrected chi connectivity index (χ2v) is 6.89. The Kier molecular flexibility index (Phi) is 5.50. The molecule has 2 aromatic carbocycles. The molecule has 0 aliphatic rings. The van der Waals surface area contributed by atoms with Crippen LogP contribution in [0.4, 0.5) is 18.9 Å². The molecule has 0 bridgehead atoms. The zero-order chi connectivity index (χ0) is 19.6. The molecular formula is C18H12ClF3N2O2S. The van der Waals surface area contributed by atoms with Gasteiger partial charge in [0.25, 0.3) is 5.91 Å². The largest absolute Gasteiger partial charge is 0.416 e. The number of amides is 1. The Morgan fingerprint density at radius 2 is 1.93 bits per heavy atom. The van der Waals surface area contributed by atoms with Gasteiger partial charge in [-0.15, -0.1) is 11.3 Å². The highest BCUT2D eigenvalue weighted by atomic mass is 35.5. The monoisotopic (exact) mass is 412 g/mol. The van der Waals surface area contributed by atoms with Gasteiger partial charge in [0, 0.05) is 16.1 Å². The summed E-state index contributed by atoms with van der Waals surface area (Å²) in [4.78, 5) is 16.3. The first-order chi connectivity index (χ1) is 12.7. The third-order valence-electron chi connectivity index (χ3n) is 3.60. The highest BCUT2D eigenvalue weighted by Gasteiger charge is 2.31. The van der Waals surface area contributed by atoms with Gasteiger partial charge in [0.1, 0.15) is 16.8 Å². The van der Waals surface area contributed by atoms with Crippen molar-refractivity contribution in [1.29, 1.82) is 0 Å². The van der Waals surface area contributed by atoms with Gasteiger partial charge in [0.2, 0.25) is 0 Å². The zero-order valence-electron chi connectivity index (χ0n) is 13.5. The number of rotatable bonds is 4. The van der Waals surface area contributed by atoms with Crippen LogP contribution in [0.3, 0.4) is 0 Å². The molecule has 140 valence electrons. The lowest BCUT2D eigenvalue weighted by atomic mass is 10.1. The van der Waals surface area contributed by atoms with E-state index in [1.165, 1.54) is 17.5 Å². The van der Waals surface area contributed by atoms with Gasteiger partial charge in [-0.25, -0.2) is 4.98 Å². The SMILES string of the molecule is O=C(Nc1cccc(Cl)c1)c1csc(C(O)c2cccc(C(F)(F)F)c2)n1. The number of carbonyl (C=O) groups excluding carboxylic acids is 1. The van der Waals surface area contributed by atoms with Crippen molar-refractivity contribution in [2.45, 2.75) is 12.3 Å². The van der Waals surface area contributed by atoms with Crippen LogP contribution in [0.1, 0.15) is 32.7 Å². The van der Waals surface area contributed by atoms with E-state index in [1.54, 1.807) is 24.3 Å². The lowest BCUT2D eigenvalue weighted by Gasteiger charge is -2.11. The zero-order valence-corrected chi connectivity index (χ0v) is 15.1. The van der Waals surface area contributed by atoms with Crippen molar-refractivity contribution in [3.63, 3.8) is 0 Å². The lowest BCUT2D eigenvalue weighted by Crippen LogP contribution is -2.13. The highest BCUT2D eigenvalue weighted by Crippen LogP contribution is 2.32. The minimum atomic E-state index is -4.51. The van der Waals surface area contributed by atoms with Crippen molar-refractivity contribution < 1.29 is 23.1 Å². The van der Waals surface area contributed by atoms with Crippen LogP contribution in [-0.4, -0.2) is 16.0 Å². The molecule has 0 radical (unpaired) electrons. The number of anilines is 1. The summed E-state index contributed by atoms with van der Waals surface area (Å²) < 4.78 is 38.5. The molecule has 0 aliphatic carbocycles. The molecule has 4 nitrogen and oxygen atoms in total. The van der Waals surface area contributed by atoms with Gasteiger partial charge in [-0.3, -0.25) is 4.79 Å². The Bertz CT molecular complexity index is 975. The molecular weight excluding hydrogens is 401 g/mol. The Balaban J connectivity index is 1.78. The number of nitrogens with one attached hydrogen (secondary N) is 1. The summed E-state index contributed by atoms with van der Waals surface area (Å²) in [6.07, 6.45) is -5.88. The Morgan fingerprint density at radius 1 is 1.19 bits per heavy atom. The fourth-order valence-electron chi connectivity index (χ4n) is 2.31. The van der Waals surface area contributed by atoms with Gasteiger partial charge < -0.3 is 10.4 Å². The summed E-state index contributed by atoms with van der Waals surface area (Å²) in [5, 5.41) is 14.9. The number of benzene rings is 2. The molecule has 0 spiro atoms. The number of aromatic nitrogens is 1. The first-order valence-electron chi connectivity index (χ1n) is 7.61. The molecule has 1 heterocycles. The van der Waals surface area contributed by atoms with Gasteiger partial charge in [-0.05, 0) is 35.9 Å². The smallest absolute Gasteiger partial charge is 0.381 e. The van der Waals surface area contributed by atoms with E-state index >= 15 is 0 Å². The number of nitrogens with zero attached hydrogens (tertiary/aromatic N) is 1. The maximum atomic E-state index is 12.8. The summed E-state index contributed by atoms with van der Waals surface area (Å²) in [6, 6.07) is 10.9. The summed E-state index contributed by atoms with van der Waals surface area (Å²) in [5.74, 6) is -0.518. The minimum Gasteiger partial charge on any atom is -0.381 e. The first-order valence-corrected chi connectivity index (χ1v) is 8.87. The molecule has 1 unspecified atom stereocenters. The molecule has 0 saturated heterocycles. The van der Waals surface area contributed by atoms with Crippen LogP contribution in [0.25, 0.3) is 0 Å². The molecule has 3 aromatic rings. The van der Waals surface area contributed by atoms with Crippen molar-refractivity contribution in [1.82, 2.24) is 4.98 Å². The van der Waals surface area contributed by atoms with Crippen LogP contribution < -0.4 is 5.32 Å². The lowest BCUT2D eigenvalue weighted by molar-refractivity contribution is -0.137. The van der Waals surface area contributed by atoms with E-state index in [0.29, 0.717) is 10.7 Å². The summed E-state index contributed by atoms with van der Waals surface area (Å²) >= 11 is 6.83. The van der Waals surface area contributed by atoms with Gasteiger partial charge >= 0.3 is 6.18 Å². The van der Waals surface area contributed by atoms with Crippen LogP contribution >= 0.6 is 22.9 Å². The standard InChI is InChI=1S/C18H12ClF3N2O2S/c19-12-5-2-6-13(8-12)23-16(26)14-9-27-17(24-14)15(25)10-3-1-4-11(7-10)18(20,21)22/h1-9,15,25H,(H,23,26). The van der Waals surface area contributed by atoms with Gasteiger partial charge in [0.05, 0.1) is 5.56 Å². The number of alkyl halides is 3. The number of halogens is 4. The van der Waals surface area contributed by atoms with Crippen LogP contribution in [0.5, 0.6) is 0 Å². The Hall–Kier alpha value is -2.42. The molecule has 3 rings (SSSR count). The summed E-state index contributed by atoms with van der Waals surface area (Å²) in [6.45, 7) is 0. The maximum Gasteiger partial charge on any atom is 0.416 e. The van der Waals surface area contributed by atoms with Crippen molar-refractivity contribution in [3.05, 3.63) is 80.8 Å². The van der Waals surface area contributed by atoms with Crippen molar-refractivity contribution in [2.75, 3.05) is 5.32 Å². The topological polar surface area (TPSA) is 62.2 Å². The summed E-state index contributed by atoms with van der Waals surface area (Å²) in [7, 11) is 0. The molecule has 1 aromatic heterocycles. The molecule has 0 saturated carbocycles. The van der Waals surface area contributed by atoms with Crippen LogP contribution in [0.15, 0.2) is 53.9 Å². The van der Waals surface area contributed by atoms with Gasteiger partial charge in [0.15, 0.2) is 0 Å². The van der Waals surface area contributed by atoms with E-state index in [0.717, 1.165) is 23.5 Å². The average Bonchev–Trinajstić information content (AvgIpc) is 3.11. The number of thiazole rings is 1. The van der Waals surface area contributed by atoms with E-state index in [4.69, 9.17) is 11.6 Å². The van der Waals surface area contributed by atoms with Crippen molar-refractivity contribution in [3.8, 4) is 0 Å². The van der Waals surface area contributed by atoms with Crippen LogP contribution in [0, 0.1) is 0 Å². The van der Waals surface area contributed by atoms with Crippen LogP contribution in [-0.2, 0) is 6.18 Å². The third kappa shape index (κ3) is 4.65. The second kappa shape index (κ2) is 7.67. The highest BCUT2D eigenvalue weighted by molar-refractivity contribution is 7.10. The van der Waals surface area contributed by atoms with Gasteiger partial charge in [-0.1, -0.05) is 29.8 Å². The number of aliphatic hydroxyl groups excluding tert-OH is 1. The number of hydrogen-bond donors (Lipinski definition) is 2. The minimum absolute atomic E-state index is 0.0426. The molecule has 1 amide bonds. The second-order valence-electron chi connectivity index (χ2n) is 5.56. The van der Waals surface area contributed by atoms with E-state index in [-0.39, 0.29) is 16.3 Å². The van der Waals surface area contributed by atoms with Crippen molar-refractivity contribution in [2.24, 2.45) is 0 Å². The van der Waals surface area contributed by atoms with E-state index < -0.39 is 23.8 Å². The van der Waals surface area contributed by atoms with Gasteiger partial charge in [-0.2, -0.15) is 13.2 Å². The fraction of sp³-hybridized carbons (Fsp3) is 0.111. The quantitative estimate of drug-likeness (QED) is 0.623. The number of carbonyl (C=O) groups is 1. The van der Waals surface area contributed by atoms with Crippen LogP contribution in [0.2, 0.25) is 5.02 Å². The Labute approximate surface area is 161 Å². The molecule has 27 heavy (non-hydrogen) atoms. The fourth-order valence-corrected chi connectivity index (χ4v) is 3.30. The number of hydrogen-bond acceptors (Lipinski definition) is 4. The molecule has 2 N–H and O–H groups in total. The molecule has 0 aliphatic heterocycles. The normalized spacial score (nSPS) is 12.6. The number of aliphatic hydroxyl groups is 1. The third-order valence-corrected chi connectivity index (χ3v) is 4.73. The average molecular weight is 413 g/mol. The predicted octanol–water partition coefficient (Wildman–Crippen LogP) is 5.15. The molecule has 1 atom stereocenters. The molecule has 9 heteroatoms. The van der Waals surface area contributed by atoms with E-state index in [9.17, 15) is 23.1 Å². The maximum absolute atomic E-state index is 12.8. The predicted molar refractivity (Wildman–Crippen MR) is 97.0 cm³/mol. The Morgan fingerprint density at radius 3 is 2.63 bits per heavy atom. The van der Waals surface area contributed by atoms with E-state index in [2.05, 4.69) is 10.3 Å². The first kappa shape index (κ1) is 19.3. The summed E-state index contributed by atoms with van der Waals surface area (Å²) in [5.41, 5.74) is -0.308.